The van der Waals surface area contributed by atoms with Gasteiger partial charge in [-0.15, -0.1) is 5.11 Å². The van der Waals surface area contributed by atoms with E-state index in [0.29, 0.717) is 0 Å². The molecule has 1 aliphatic rings. The Kier molecular flexibility index (Phi) is 4.09. The monoisotopic (exact) mass is 240 g/mol. The minimum atomic E-state index is -2.70. The van der Waals surface area contributed by atoms with Crippen molar-refractivity contribution in [3.63, 3.8) is 0 Å². The molecule has 0 aliphatic carbocycles. The standard InChI is InChI=1S/C6H12N2O8/c9-1-2-3(10)4(11)6(13,5(12)15-2)7-8-16-14/h2-5,9-14H,1H2/b8-7-/t2?,3-,4+,5?,6?/m1/s1. The SMILES string of the molecule is OCC1OC(O)C(O)(/N=N\OO)[C@@H](O)[C@@H]1O. The maximum Gasteiger partial charge on any atom is 0.260 e. The first kappa shape index (κ1) is 13.2. The Bertz CT molecular complexity index is 263. The molecule has 0 radical (unpaired) electrons. The lowest BCUT2D eigenvalue weighted by molar-refractivity contribution is -0.335. The number of hydrogen-bond donors (Lipinski definition) is 6. The first-order chi connectivity index (χ1) is 7.47. The zero-order chi connectivity index (χ0) is 12.3. The molecule has 0 amide bonds. The fourth-order valence-electron chi connectivity index (χ4n) is 1.29. The molecule has 1 aliphatic heterocycles. The van der Waals surface area contributed by atoms with Crippen LogP contribution in [0.15, 0.2) is 10.4 Å². The highest BCUT2D eigenvalue weighted by Gasteiger charge is 2.55. The minimum Gasteiger partial charge on any atom is -0.394 e. The van der Waals surface area contributed by atoms with Crippen LogP contribution in [0.5, 0.6) is 0 Å². The molecular weight excluding hydrogens is 228 g/mol. The summed E-state index contributed by atoms with van der Waals surface area (Å²) in [6.07, 6.45) is -7.01. The average Bonchev–Trinajstić information content (AvgIpc) is 2.29. The van der Waals surface area contributed by atoms with E-state index in [0.717, 1.165) is 0 Å². The topological polar surface area (TPSA) is 165 Å². The summed E-state index contributed by atoms with van der Waals surface area (Å²) in [6.45, 7) is -0.682. The van der Waals surface area contributed by atoms with Crippen molar-refractivity contribution in [2.45, 2.75) is 30.3 Å². The van der Waals surface area contributed by atoms with Crippen molar-refractivity contribution in [3.05, 3.63) is 0 Å². The van der Waals surface area contributed by atoms with Crippen LogP contribution in [0.25, 0.3) is 0 Å². The minimum absolute atomic E-state index is 0.682. The van der Waals surface area contributed by atoms with E-state index in [9.17, 15) is 20.4 Å². The second kappa shape index (κ2) is 4.97. The Balaban J connectivity index is 2.90. The van der Waals surface area contributed by atoms with Crippen LogP contribution in [0.2, 0.25) is 0 Å². The van der Waals surface area contributed by atoms with Crippen molar-refractivity contribution in [2.24, 2.45) is 10.4 Å². The molecule has 0 bridgehead atoms. The number of nitrogens with zero attached hydrogens (tertiary/aromatic N) is 2. The third-order valence-electron chi connectivity index (χ3n) is 2.22. The highest BCUT2D eigenvalue weighted by molar-refractivity contribution is 4.97. The quantitative estimate of drug-likeness (QED) is 0.172. The van der Waals surface area contributed by atoms with Gasteiger partial charge in [-0.2, -0.15) is 5.26 Å². The predicted octanol–water partition coefficient (Wildman–Crippen LogP) is -3.04. The van der Waals surface area contributed by atoms with Crippen molar-refractivity contribution in [1.82, 2.24) is 0 Å². The van der Waals surface area contributed by atoms with Crippen LogP contribution >= 0.6 is 0 Å². The summed E-state index contributed by atoms with van der Waals surface area (Å²) in [4.78, 5) is 3.18. The predicted molar refractivity (Wildman–Crippen MR) is 43.5 cm³/mol. The summed E-state index contributed by atoms with van der Waals surface area (Å²) in [7, 11) is 0. The number of rotatable bonds is 3. The van der Waals surface area contributed by atoms with E-state index in [1.165, 1.54) is 0 Å². The van der Waals surface area contributed by atoms with Gasteiger partial charge in [-0.1, -0.05) is 0 Å². The van der Waals surface area contributed by atoms with Crippen molar-refractivity contribution >= 4 is 0 Å². The Labute approximate surface area is 88.9 Å². The van der Waals surface area contributed by atoms with Gasteiger partial charge in [-0.25, -0.2) is 4.99 Å². The Morgan fingerprint density at radius 2 is 1.94 bits per heavy atom. The second-order valence-electron chi connectivity index (χ2n) is 3.19. The van der Waals surface area contributed by atoms with E-state index in [1.807, 2.05) is 0 Å². The summed E-state index contributed by atoms with van der Waals surface area (Å²) in [5.41, 5.74) is -2.70. The second-order valence-corrected chi connectivity index (χ2v) is 3.19. The van der Waals surface area contributed by atoms with Gasteiger partial charge in [0.15, 0.2) is 0 Å². The zero-order valence-corrected chi connectivity index (χ0v) is 7.91. The number of ether oxygens (including phenoxy) is 1. The lowest BCUT2D eigenvalue weighted by Crippen LogP contribution is -2.65. The normalized spacial score (nSPS) is 44.9. The first-order valence-electron chi connectivity index (χ1n) is 4.23. The lowest BCUT2D eigenvalue weighted by atomic mass is 9.94. The molecule has 0 spiro atoms. The molecule has 94 valence electrons. The summed E-state index contributed by atoms with van der Waals surface area (Å²) in [5, 5.41) is 59.7. The number of aliphatic hydroxyl groups is 5. The molecule has 1 fully saturated rings. The maximum absolute atomic E-state index is 9.60. The van der Waals surface area contributed by atoms with Gasteiger partial charge in [-0.3, -0.25) is 0 Å². The average molecular weight is 240 g/mol. The molecule has 5 atom stereocenters. The molecule has 10 nitrogen and oxygen atoms in total. The highest BCUT2D eigenvalue weighted by atomic mass is 17.2. The third-order valence-corrected chi connectivity index (χ3v) is 2.22. The number of aliphatic hydroxyl groups excluding tert-OH is 4. The Morgan fingerprint density at radius 1 is 1.31 bits per heavy atom. The Hall–Kier alpha value is -0.880. The molecule has 10 heteroatoms. The van der Waals surface area contributed by atoms with E-state index in [4.69, 9.17) is 10.4 Å². The van der Waals surface area contributed by atoms with Crippen LogP contribution in [0.3, 0.4) is 0 Å². The molecule has 3 unspecified atom stereocenters. The smallest absolute Gasteiger partial charge is 0.260 e. The summed E-state index contributed by atoms with van der Waals surface area (Å²) >= 11 is 0. The molecule has 1 rings (SSSR count). The molecule has 0 aromatic carbocycles. The molecule has 0 aromatic rings. The van der Waals surface area contributed by atoms with Crippen molar-refractivity contribution in [3.8, 4) is 0 Å². The van der Waals surface area contributed by atoms with Crippen LogP contribution in [-0.2, 0) is 9.73 Å². The van der Waals surface area contributed by atoms with Gasteiger partial charge in [0.05, 0.1) is 11.9 Å². The largest absolute Gasteiger partial charge is 0.394 e. The van der Waals surface area contributed by atoms with Gasteiger partial charge in [0.25, 0.3) is 5.72 Å². The van der Waals surface area contributed by atoms with Crippen LogP contribution in [-0.4, -0.2) is 67.7 Å². The molecular formula is C6H12N2O8. The highest BCUT2D eigenvalue weighted by Crippen LogP contribution is 2.30. The van der Waals surface area contributed by atoms with Crippen LogP contribution in [0.1, 0.15) is 0 Å². The lowest BCUT2D eigenvalue weighted by Gasteiger charge is -2.42. The zero-order valence-electron chi connectivity index (χ0n) is 7.91. The van der Waals surface area contributed by atoms with Gasteiger partial charge in [0.2, 0.25) is 6.29 Å². The third kappa shape index (κ3) is 2.12. The van der Waals surface area contributed by atoms with Crippen molar-refractivity contribution in [2.75, 3.05) is 6.61 Å². The van der Waals surface area contributed by atoms with Gasteiger partial charge in [0.1, 0.15) is 18.3 Å². The van der Waals surface area contributed by atoms with Crippen molar-refractivity contribution < 1.29 is 40.5 Å². The van der Waals surface area contributed by atoms with Crippen molar-refractivity contribution in [1.29, 1.82) is 0 Å². The molecule has 1 heterocycles. The van der Waals surface area contributed by atoms with Gasteiger partial charge in [0, 0.05) is 0 Å². The van der Waals surface area contributed by atoms with E-state index in [2.05, 4.69) is 20.1 Å². The van der Waals surface area contributed by atoms with Gasteiger partial charge < -0.3 is 30.3 Å². The molecule has 6 N–H and O–H groups in total. The first-order valence-corrected chi connectivity index (χ1v) is 4.23. The Morgan fingerprint density at radius 3 is 2.44 bits per heavy atom. The fourth-order valence-corrected chi connectivity index (χ4v) is 1.29. The molecule has 0 aromatic heterocycles. The van der Waals surface area contributed by atoms with E-state index in [-0.39, 0.29) is 0 Å². The van der Waals surface area contributed by atoms with E-state index < -0.39 is 36.9 Å². The van der Waals surface area contributed by atoms with Gasteiger partial charge >= 0.3 is 0 Å². The summed E-state index contributed by atoms with van der Waals surface area (Å²) in [5.74, 6) is 0. The van der Waals surface area contributed by atoms with E-state index >= 15 is 0 Å². The molecule has 0 saturated carbocycles. The summed E-state index contributed by atoms with van der Waals surface area (Å²) in [6, 6.07) is 0. The van der Waals surface area contributed by atoms with Crippen LogP contribution in [0.4, 0.5) is 0 Å². The maximum atomic E-state index is 9.60. The summed E-state index contributed by atoms with van der Waals surface area (Å²) < 4.78 is 4.59. The van der Waals surface area contributed by atoms with Crippen LogP contribution < -0.4 is 0 Å². The van der Waals surface area contributed by atoms with Gasteiger partial charge in [-0.05, 0) is 0 Å². The number of hydrogen-bond acceptors (Lipinski definition) is 10. The fraction of sp³-hybridized carbons (Fsp3) is 1.00. The van der Waals surface area contributed by atoms with Crippen LogP contribution in [0, 0.1) is 0 Å². The molecule has 1 saturated heterocycles. The van der Waals surface area contributed by atoms with E-state index in [1.54, 1.807) is 0 Å². The molecule has 16 heavy (non-hydrogen) atoms.